The van der Waals surface area contributed by atoms with Crippen molar-refractivity contribution in [3.05, 3.63) is 59.2 Å². The first kappa shape index (κ1) is 17.2. The molecule has 2 aromatic carbocycles. The zero-order valence-electron chi connectivity index (χ0n) is 11.1. The van der Waals surface area contributed by atoms with Crippen LogP contribution in [0.1, 0.15) is 0 Å². The first-order valence-electron chi connectivity index (χ1n) is 6.01. The minimum atomic E-state index is -2.27. The summed E-state index contributed by atoms with van der Waals surface area (Å²) >= 11 is 0.140. The fourth-order valence-corrected chi connectivity index (χ4v) is 2.39. The molecule has 0 aromatic heterocycles. The highest BCUT2D eigenvalue weighted by atomic mass is 32.2. The lowest BCUT2D eigenvalue weighted by Gasteiger charge is -2.08. The lowest BCUT2D eigenvalue weighted by Crippen LogP contribution is -2.15. The second kappa shape index (κ2) is 6.95. The SMILES string of the molecule is O=C(CSc1c(F)c(F)c(F)c(F)c1F)Nc1cccc(F)c1. The summed E-state index contributed by atoms with van der Waals surface area (Å²) in [5.74, 6) is -12.5. The molecule has 0 spiro atoms. The Morgan fingerprint density at radius 1 is 0.913 bits per heavy atom. The molecular weight excluding hydrogens is 344 g/mol. The zero-order chi connectivity index (χ0) is 17.1. The van der Waals surface area contributed by atoms with Crippen molar-refractivity contribution in [1.29, 1.82) is 0 Å². The number of amides is 1. The van der Waals surface area contributed by atoms with E-state index in [1.807, 2.05) is 0 Å². The highest BCUT2D eigenvalue weighted by Gasteiger charge is 2.26. The van der Waals surface area contributed by atoms with Crippen LogP contribution >= 0.6 is 11.8 Å². The molecule has 9 heteroatoms. The molecule has 0 radical (unpaired) electrons. The summed E-state index contributed by atoms with van der Waals surface area (Å²) in [4.78, 5) is 10.4. The molecule has 0 unspecified atom stereocenters. The van der Waals surface area contributed by atoms with Crippen molar-refractivity contribution in [3.63, 3.8) is 0 Å². The Bertz CT molecular complexity index is 738. The van der Waals surface area contributed by atoms with Crippen LogP contribution in [0.5, 0.6) is 0 Å². The second-order valence-electron chi connectivity index (χ2n) is 4.25. The molecule has 0 saturated carbocycles. The summed E-state index contributed by atoms with van der Waals surface area (Å²) in [6.07, 6.45) is 0. The number of hydrogen-bond donors (Lipinski definition) is 1. The van der Waals surface area contributed by atoms with Gasteiger partial charge in [-0.1, -0.05) is 6.07 Å². The summed E-state index contributed by atoms with van der Waals surface area (Å²) in [6.45, 7) is 0. The van der Waals surface area contributed by atoms with Gasteiger partial charge in [-0.05, 0) is 18.2 Å². The lowest BCUT2D eigenvalue weighted by molar-refractivity contribution is -0.113. The number of benzene rings is 2. The monoisotopic (exact) mass is 351 g/mol. The van der Waals surface area contributed by atoms with E-state index in [1.54, 1.807) is 0 Å². The molecule has 0 aliphatic heterocycles. The first-order valence-corrected chi connectivity index (χ1v) is 6.99. The summed E-state index contributed by atoms with van der Waals surface area (Å²) in [5, 5.41) is 2.23. The van der Waals surface area contributed by atoms with E-state index in [0.29, 0.717) is 0 Å². The van der Waals surface area contributed by atoms with Gasteiger partial charge in [0.25, 0.3) is 0 Å². The van der Waals surface area contributed by atoms with Crippen LogP contribution in [0.3, 0.4) is 0 Å². The van der Waals surface area contributed by atoms with Crippen LogP contribution in [0.25, 0.3) is 0 Å². The van der Waals surface area contributed by atoms with Crippen molar-refractivity contribution in [2.45, 2.75) is 4.90 Å². The average Bonchev–Trinajstić information content (AvgIpc) is 2.51. The Kier molecular flexibility index (Phi) is 5.19. The molecule has 0 bridgehead atoms. The third-order valence-corrected chi connectivity index (χ3v) is 3.68. The number of thioether (sulfide) groups is 1. The highest BCUT2D eigenvalue weighted by Crippen LogP contribution is 2.30. The molecule has 23 heavy (non-hydrogen) atoms. The summed E-state index contributed by atoms with van der Waals surface area (Å²) in [6, 6.07) is 4.83. The molecule has 122 valence electrons. The highest BCUT2D eigenvalue weighted by molar-refractivity contribution is 8.00. The normalized spacial score (nSPS) is 10.7. The topological polar surface area (TPSA) is 29.1 Å². The molecular formula is C14H7F6NOS. The van der Waals surface area contributed by atoms with Crippen LogP contribution in [0.15, 0.2) is 29.2 Å². The van der Waals surface area contributed by atoms with Crippen molar-refractivity contribution in [1.82, 2.24) is 0 Å². The van der Waals surface area contributed by atoms with Gasteiger partial charge in [-0.15, -0.1) is 11.8 Å². The molecule has 0 fully saturated rings. The molecule has 2 nitrogen and oxygen atoms in total. The smallest absolute Gasteiger partial charge is 0.234 e. The third-order valence-electron chi connectivity index (χ3n) is 2.63. The number of carbonyl (C=O) groups excluding carboxylic acids is 1. The predicted molar refractivity (Wildman–Crippen MR) is 72.0 cm³/mol. The van der Waals surface area contributed by atoms with Crippen LogP contribution in [-0.4, -0.2) is 11.7 Å². The number of nitrogens with one attached hydrogen (secondary N) is 1. The zero-order valence-corrected chi connectivity index (χ0v) is 11.9. The van der Waals surface area contributed by atoms with E-state index in [9.17, 15) is 31.1 Å². The predicted octanol–water partition coefficient (Wildman–Crippen LogP) is 4.25. The first-order chi connectivity index (χ1) is 10.8. The van der Waals surface area contributed by atoms with E-state index in [-0.39, 0.29) is 17.4 Å². The molecule has 0 saturated heterocycles. The van der Waals surface area contributed by atoms with Crippen molar-refractivity contribution < 1.29 is 31.1 Å². The van der Waals surface area contributed by atoms with E-state index >= 15 is 0 Å². The summed E-state index contributed by atoms with van der Waals surface area (Å²) in [5.41, 5.74) is 0.0908. The molecule has 2 aromatic rings. The maximum Gasteiger partial charge on any atom is 0.234 e. The van der Waals surface area contributed by atoms with Gasteiger partial charge in [0.05, 0.1) is 10.6 Å². The molecule has 2 rings (SSSR count). The van der Waals surface area contributed by atoms with Crippen molar-refractivity contribution in [3.8, 4) is 0 Å². The van der Waals surface area contributed by atoms with Gasteiger partial charge in [-0.25, -0.2) is 26.3 Å². The van der Waals surface area contributed by atoms with Gasteiger partial charge in [0, 0.05) is 5.69 Å². The minimum absolute atomic E-state index is 0.0908. The van der Waals surface area contributed by atoms with Gasteiger partial charge < -0.3 is 5.32 Å². The summed E-state index contributed by atoms with van der Waals surface area (Å²) in [7, 11) is 0. The van der Waals surface area contributed by atoms with Gasteiger partial charge >= 0.3 is 0 Å². The quantitative estimate of drug-likeness (QED) is 0.386. The van der Waals surface area contributed by atoms with Crippen molar-refractivity contribution in [2.24, 2.45) is 0 Å². The van der Waals surface area contributed by atoms with Crippen LogP contribution < -0.4 is 5.32 Å². The van der Waals surface area contributed by atoms with E-state index in [0.717, 1.165) is 12.1 Å². The van der Waals surface area contributed by atoms with Crippen LogP contribution in [-0.2, 0) is 4.79 Å². The van der Waals surface area contributed by atoms with E-state index in [2.05, 4.69) is 5.32 Å². The van der Waals surface area contributed by atoms with Gasteiger partial charge in [-0.3, -0.25) is 4.79 Å². The van der Waals surface area contributed by atoms with Gasteiger partial charge in [0.2, 0.25) is 11.7 Å². The van der Waals surface area contributed by atoms with Gasteiger partial charge in [-0.2, -0.15) is 0 Å². The molecule has 0 atom stereocenters. The minimum Gasteiger partial charge on any atom is -0.325 e. The number of rotatable bonds is 4. The fourth-order valence-electron chi connectivity index (χ4n) is 1.61. The fraction of sp³-hybridized carbons (Fsp3) is 0.0714. The van der Waals surface area contributed by atoms with E-state index in [1.165, 1.54) is 12.1 Å². The molecule has 0 aliphatic rings. The number of anilines is 1. The van der Waals surface area contributed by atoms with Crippen LogP contribution in [0, 0.1) is 34.9 Å². The average molecular weight is 351 g/mol. The van der Waals surface area contributed by atoms with Gasteiger partial charge in [0.1, 0.15) is 5.82 Å². The Morgan fingerprint density at radius 2 is 1.48 bits per heavy atom. The largest absolute Gasteiger partial charge is 0.325 e. The van der Waals surface area contributed by atoms with Crippen LogP contribution in [0.2, 0.25) is 0 Å². The molecule has 0 heterocycles. The number of hydrogen-bond acceptors (Lipinski definition) is 2. The van der Waals surface area contributed by atoms with Crippen LogP contribution in [0.4, 0.5) is 32.0 Å². The maximum atomic E-state index is 13.4. The Morgan fingerprint density at radius 3 is 2.04 bits per heavy atom. The second-order valence-corrected chi connectivity index (χ2v) is 5.23. The molecule has 0 aliphatic carbocycles. The van der Waals surface area contributed by atoms with Crippen molar-refractivity contribution in [2.75, 3.05) is 11.1 Å². The number of halogens is 6. The standard InChI is InChI=1S/C14H7F6NOS/c15-6-2-1-3-7(4-6)21-8(22)5-23-14-12(19)10(17)9(16)11(18)13(14)20/h1-4H,5H2,(H,21,22). The summed E-state index contributed by atoms with van der Waals surface area (Å²) < 4.78 is 78.6. The van der Waals surface area contributed by atoms with Gasteiger partial charge in [0.15, 0.2) is 23.3 Å². The van der Waals surface area contributed by atoms with E-state index < -0.39 is 51.5 Å². The Hall–Kier alpha value is -2.16. The maximum absolute atomic E-state index is 13.4. The molecule has 1 amide bonds. The van der Waals surface area contributed by atoms with Crippen molar-refractivity contribution >= 4 is 23.4 Å². The van der Waals surface area contributed by atoms with E-state index in [4.69, 9.17) is 0 Å². The Balaban J connectivity index is 2.11. The third kappa shape index (κ3) is 3.79. The number of carbonyl (C=O) groups is 1. The molecule has 1 N–H and O–H groups in total. The lowest BCUT2D eigenvalue weighted by atomic mass is 10.3. The Labute approximate surface area is 130 Å².